The first-order chi connectivity index (χ1) is 16.8. The van der Waals surface area contributed by atoms with Crippen molar-refractivity contribution in [3.05, 3.63) is 35.4 Å². The first-order valence-electron chi connectivity index (χ1n) is 12.8. The van der Waals surface area contributed by atoms with Crippen molar-refractivity contribution in [1.82, 2.24) is 15.7 Å². The molecule has 6 amide bonds. The van der Waals surface area contributed by atoms with Crippen molar-refractivity contribution in [2.75, 3.05) is 13.1 Å². The van der Waals surface area contributed by atoms with Crippen molar-refractivity contribution in [3.8, 4) is 0 Å². The van der Waals surface area contributed by atoms with E-state index >= 15 is 0 Å². The van der Waals surface area contributed by atoms with Gasteiger partial charge in [-0.25, -0.2) is 24.8 Å². The lowest BCUT2D eigenvalue weighted by atomic mass is 9.91. The summed E-state index contributed by atoms with van der Waals surface area (Å²) in [4.78, 5) is 51.4. The zero-order chi connectivity index (χ0) is 25.0. The molecule has 0 aromatic heterocycles. The van der Waals surface area contributed by atoms with Gasteiger partial charge in [0.15, 0.2) is 0 Å². The Bertz CT molecular complexity index is 938. The Hall–Kier alpha value is -2.78. The van der Waals surface area contributed by atoms with Gasteiger partial charge in [0.25, 0.3) is 0 Å². The largest absolute Gasteiger partial charge is 0.432 e. The minimum Gasteiger partial charge on any atom is -0.334 e. The minimum absolute atomic E-state index is 0.106. The average Bonchev–Trinajstić information content (AvgIpc) is 3.57. The molecule has 1 aromatic carbocycles. The summed E-state index contributed by atoms with van der Waals surface area (Å²) in [6.07, 6.45) is 7.81. The molecule has 1 saturated carbocycles. The van der Waals surface area contributed by atoms with E-state index in [1.54, 1.807) is 0 Å². The molecule has 35 heavy (non-hydrogen) atoms. The number of hydroxylamine groups is 2. The summed E-state index contributed by atoms with van der Waals surface area (Å²) >= 11 is 0. The standard InChI is InChI=1S/C26H36N4O5/c1-18-7-6-12-30(18,24(32)22(16-29(35)17-31)13-19-8-2-3-9-19)26(34)28-25(33)27-23-14-20-10-4-5-11-21(20)15-23/h4-5,10-11,17-19,22-23,35H,2-3,6-9,12-16H2,1H3,(H-,27,28,33,34)/p+1/t18-,22-,30?/m1/s1. The number of nitrogens with one attached hydrogen (secondary N) is 2. The van der Waals surface area contributed by atoms with Gasteiger partial charge in [0.1, 0.15) is 6.04 Å². The smallest absolute Gasteiger partial charge is 0.334 e. The van der Waals surface area contributed by atoms with Gasteiger partial charge in [-0.2, -0.15) is 4.48 Å². The Kier molecular flexibility index (Phi) is 7.86. The van der Waals surface area contributed by atoms with E-state index in [2.05, 4.69) is 10.6 Å². The molecule has 1 unspecified atom stereocenters. The van der Waals surface area contributed by atoms with Crippen LogP contribution in [0, 0.1) is 11.8 Å². The third-order valence-corrected chi connectivity index (χ3v) is 8.22. The highest BCUT2D eigenvalue weighted by Crippen LogP contribution is 2.35. The van der Waals surface area contributed by atoms with Crippen molar-refractivity contribution >= 4 is 24.4 Å². The maximum Gasteiger partial charge on any atom is 0.432 e. The highest BCUT2D eigenvalue weighted by atomic mass is 16.5. The van der Waals surface area contributed by atoms with Gasteiger partial charge in [-0.05, 0) is 43.2 Å². The van der Waals surface area contributed by atoms with E-state index in [1.165, 1.54) is 11.1 Å². The van der Waals surface area contributed by atoms with Gasteiger partial charge in [0.2, 0.25) is 6.41 Å². The van der Waals surface area contributed by atoms with Crippen LogP contribution in [0.15, 0.2) is 24.3 Å². The molecule has 1 aliphatic heterocycles. The quantitative estimate of drug-likeness (QED) is 0.238. The first-order valence-corrected chi connectivity index (χ1v) is 12.8. The molecule has 0 radical (unpaired) electrons. The van der Waals surface area contributed by atoms with Crippen LogP contribution < -0.4 is 10.6 Å². The molecule has 1 aromatic rings. The predicted molar refractivity (Wildman–Crippen MR) is 128 cm³/mol. The van der Waals surface area contributed by atoms with Crippen molar-refractivity contribution in [1.29, 1.82) is 0 Å². The third kappa shape index (κ3) is 5.41. The highest BCUT2D eigenvalue weighted by Gasteiger charge is 2.55. The number of hydrogen-bond acceptors (Lipinski definition) is 5. The molecule has 4 rings (SSSR count). The number of imide groups is 2. The van der Waals surface area contributed by atoms with Gasteiger partial charge in [0.05, 0.1) is 19.0 Å². The van der Waals surface area contributed by atoms with E-state index in [1.807, 2.05) is 31.2 Å². The second-order valence-corrected chi connectivity index (χ2v) is 10.5. The number of fused-ring (bicyclic) bond motifs is 1. The number of rotatable bonds is 7. The Morgan fingerprint density at radius 3 is 2.34 bits per heavy atom. The second-order valence-electron chi connectivity index (χ2n) is 10.5. The van der Waals surface area contributed by atoms with Crippen LogP contribution >= 0.6 is 0 Å². The molecule has 0 spiro atoms. The lowest BCUT2D eigenvalue weighted by Gasteiger charge is -2.36. The fourth-order valence-corrected chi connectivity index (χ4v) is 6.38. The lowest BCUT2D eigenvalue weighted by Crippen LogP contribution is -2.66. The molecule has 3 atom stereocenters. The van der Waals surface area contributed by atoms with Gasteiger partial charge >= 0.3 is 18.0 Å². The number of carbonyl (C=O) groups excluding carboxylic acids is 4. The Morgan fingerprint density at radius 2 is 1.77 bits per heavy atom. The summed E-state index contributed by atoms with van der Waals surface area (Å²) in [5.41, 5.74) is 2.38. The van der Waals surface area contributed by atoms with Crippen LogP contribution in [0.4, 0.5) is 9.59 Å². The maximum absolute atomic E-state index is 14.0. The van der Waals surface area contributed by atoms with E-state index in [-0.39, 0.29) is 24.5 Å². The SMILES string of the molecule is C[C@@H]1CCC[N+]1(C(=O)NC(=O)NC1Cc2ccccc2C1)C(=O)[C@H](CC1CCCC1)CN(O)C=O. The van der Waals surface area contributed by atoms with Crippen molar-refractivity contribution in [3.63, 3.8) is 0 Å². The number of benzene rings is 1. The van der Waals surface area contributed by atoms with E-state index in [0.29, 0.717) is 56.0 Å². The number of urea groups is 2. The highest BCUT2D eigenvalue weighted by molar-refractivity contribution is 5.95. The predicted octanol–water partition coefficient (Wildman–Crippen LogP) is 3.14. The molecule has 2 fully saturated rings. The van der Waals surface area contributed by atoms with Gasteiger partial charge < -0.3 is 5.32 Å². The number of hydrogen-bond donors (Lipinski definition) is 3. The van der Waals surface area contributed by atoms with Crippen LogP contribution in [0.2, 0.25) is 0 Å². The summed E-state index contributed by atoms with van der Waals surface area (Å²) in [7, 11) is 0. The van der Waals surface area contributed by atoms with Gasteiger partial charge in [-0.1, -0.05) is 49.9 Å². The summed E-state index contributed by atoms with van der Waals surface area (Å²) in [6, 6.07) is 6.41. The molecular weight excluding hydrogens is 448 g/mol. The molecule has 3 N–H and O–H groups in total. The number of amides is 6. The molecule has 2 aliphatic carbocycles. The number of carbonyl (C=O) groups is 4. The van der Waals surface area contributed by atoms with Crippen LogP contribution in [0.3, 0.4) is 0 Å². The monoisotopic (exact) mass is 485 g/mol. The Labute approximate surface area is 206 Å². The van der Waals surface area contributed by atoms with Crippen LogP contribution in [-0.4, -0.2) is 64.3 Å². The second kappa shape index (κ2) is 10.9. The topological polar surface area (TPSA) is 116 Å². The molecular formula is C26H37N4O5+. The lowest BCUT2D eigenvalue weighted by molar-refractivity contribution is -0.786. The van der Waals surface area contributed by atoms with Gasteiger partial charge in [0, 0.05) is 18.9 Å². The minimum atomic E-state index is -0.674. The zero-order valence-corrected chi connectivity index (χ0v) is 20.4. The number of nitrogens with zero attached hydrogens (tertiary/aromatic N) is 2. The Balaban J connectivity index is 1.47. The van der Waals surface area contributed by atoms with Gasteiger partial charge in [-0.15, -0.1) is 0 Å². The third-order valence-electron chi connectivity index (χ3n) is 8.22. The summed E-state index contributed by atoms with van der Waals surface area (Å²) in [6.45, 7) is 2.02. The van der Waals surface area contributed by atoms with Crippen LogP contribution in [0.5, 0.6) is 0 Å². The van der Waals surface area contributed by atoms with Crippen molar-refractivity contribution < 1.29 is 28.9 Å². The van der Waals surface area contributed by atoms with Crippen LogP contribution in [0.25, 0.3) is 0 Å². The first kappa shape index (κ1) is 25.3. The summed E-state index contributed by atoms with van der Waals surface area (Å²) < 4.78 is -0.470. The Morgan fingerprint density at radius 1 is 1.11 bits per heavy atom. The van der Waals surface area contributed by atoms with E-state index in [9.17, 15) is 24.4 Å². The number of quaternary nitrogens is 1. The average molecular weight is 486 g/mol. The molecule has 9 nitrogen and oxygen atoms in total. The summed E-state index contributed by atoms with van der Waals surface area (Å²) in [5.74, 6) is -0.661. The molecule has 9 heteroatoms. The van der Waals surface area contributed by atoms with E-state index in [0.717, 1.165) is 25.7 Å². The molecule has 3 aliphatic rings. The fraction of sp³-hybridized carbons (Fsp3) is 0.615. The van der Waals surface area contributed by atoms with Crippen molar-refractivity contribution in [2.24, 2.45) is 11.8 Å². The van der Waals surface area contributed by atoms with E-state index in [4.69, 9.17) is 0 Å². The normalized spacial score (nSPS) is 25.1. The molecule has 190 valence electrons. The van der Waals surface area contributed by atoms with Crippen molar-refractivity contribution in [2.45, 2.75) is 76.8 Å². The van der Waals surface area contributed by atoms with Crippen LogP contribution in [0.1, 0.15) is 63.0 Å². The molecule has 1 heterocycles. The van der Waals surface area contributed by atoms with Crippen LogP contribution in [-0.2, 0) is 22.4 Å². The molecule has 0 bridgehead atoms. The summed E-state index contributed by atoms with van der Waals surface area (Å²) in [5, 5.41) is 15.8. The maximum atomic E-state index is 14.0. The number of likely N-dealkylation sites (tertiary alicyclic amines) is 1. The molecule has 1 saturated heterocycles. The fourth-order valence-electron chi connectivity index (χ4n) is 6.38. The zero-order valence-electron chi connectivity index (χ0n) is 20.4. The van der Waals surface area contributed by atoms with Gasteiger partial charge in [-0.3, -0.25) is 10.0 Å². The van der Waals surface area contributed by atoms with E-state index < -0.39 is 22.5 Å².